The van der Waals surface area contributed by atoms with E-state index in [1.54, 1.807) is 19.2 Å². The molecule has 5 nitrogen and oxygen atoms in total. The van der Waals surface area contributed by atoms with Crippen LogP contribution in [0.2, 0.25) is 0 Å². The molecule has 0 radical (unpaired) electrons. The maximum Gasteiger partial charge on any atom is 0.335 e. The zero-order chi connectivity index (χ0) is 22.2. The number of hydrogen-bond donors (Lipinski definition) is 2. The number of methoxy groups -OCH3 is 1. The highest BCUT2D eigenvalue weighted by molar-refractivity contribution is 5.88. The number of aromatic amines is 1. The number of aryl methyl sites for hydroxylation is 1. The molecule has 32 heavy (non-hydrogen) atoms. The Morgan fingerprint density at radius 3 is 2.69 bits per heavy atom. The van der Waals surface area contributed by atoms with Gasteiger partial charge in [0.2, 0.25) is 0 Å². The number of nitrogens with zero attached hydrogens (tertiary/aromatic N) is 1. The van der Waals surface area contributed by atoms with Crippen molar-refractivity contribution >= 4 is 16.9 Å². The Bertz CT molecular complexity index is 1290. The number of carbonyl (C=O) groups is 1. The van der Waals surface area contributed by atoms with E-state index in [4.69, 9.17) is 4.74 Å². The monoisotopic (exact) mass is 426 g/mol. The number of ether oxygens (including phenoxy) is 1. The first-order valence-electron chi connectivity index (χ1n) is 10.9. The van der Waals surface area contributed by atoms with Crippen LogP contribution in [0.4, 0.5) is 0 Å². The minimum atomic E-state index is -0.906. The first-order valence-corrected chi connectivity index (χ1v) is 10.9. The zero-order valence-electron chi connectivity index (χ0n) is 18.3. The lowest BCUT2D eigenvalue weighted by molar-refractivity contribution is 0.0697. The summed E-state index contributed by atoms with van der Waals surface area (Å²) in [7, 11) is 1.73. The van der Waals surface area contributed by atoms with Crippen molar-refractivity contribution in [2.45, 2.75) is 25.9 Å². The third-order valence-corrected chi connectivity index (χ3v) is 6.55. The van der Waals surface area contributed by atoms with Crippen LogP contribution in [0.15, 0.2) is 66.9 Å². The molecule has 0 aliphatic carbocycles. The van der Waals surface area contributed by atoms with E-state index < -0.39 is 5.97 Å². The van der Waals surface area contributed by atoms with Gasteiger partial charge in [0, 0.05) is 35.8 Å². The number of carboxylic acids is 1. The van der Waals surface area contributed by atoms with Crippen molar-refractivity contribution in [3.05, 3.63) is 100 Å². The number of fused-ring (bicyclic) bond motifs is 2. The van der Waals surface area contributed by atoms with Crippen LogP contribution in [-0.2, 0) is 13.0 Å². The van der Waals surface area contributed by atoms with E-state index in [0.717, 1.165) is 41.9 Å². The molecule has 4 aromatic rings. The third kappa shape index (κ3) is 3.45. The largest absolute Gasteiger partial charge is 0.496 e. The molecule has 0 spiro atoms. The summed E-state index contributed by atoms with van der Waals surface area (Å²) in [6.45, 7) is 3.73. The fraction of sp³-hybridized carbons (Fsp3) is 0.222. The molecule has 0 bridgehead atoms. The minimum absolute atomic E-state index is 0.0443. The Hall–Kier alpha value is -3.57. The predicted molar refractivity (Wildman–Crippen MR) is 125 cm³/mol. The van der Waals surface area contributed by atoms with Crippen LogP contribution in [0.5, 0.6) is 5.75 Å². The Labute approximate surface area is 187 Å². The second kappa shape index (κ2) is 8.17. The van der Waals surface area contributed by atoms with Crippen molar-refractivity contribution in [1.29, 1.82) is 0 Å². The van der Waals surface area contributed by atoms with Crippen LogP contribution in [-0.4, -0.2) is 34.6 Å². The molecule has 0 fully saturated rings. The quantitative estimate of drug-likeness (QED) is 0.453. The van der Waals surface area contributed by atoms with Gasteiger partial charge < -0.3 is 14.8 Å². The Morgan fingerprint density at radius 2 is 1.94 bits per heavy atom. The summed E-state index contributed by atoms with van der Waals surface area (Å²) >= 11 is 0. The van der Waals surface area contributed by atoms with Crippen LogP contribution in [0, 0.1) is 6.92 Å². The molecule has 0 saturated carbocycles. The predicted octanol–water partition coefficient (Wildman–Crippen LogP) is 5.33. The van der Waals surface area contributed by atoms with Crippen LogP contribution < -0.4 is 4.74 Å². The normalized spacial score (nSPS) is 16.1. The molecular formula is C27H26N2O3. The Morgan fingerprint density at radius 1 is 1.16 bits per heavy atom. The highest BCUT2D eigenvalue weighted by Gasteiger charge is 2.30. The van der Waals surface area contributed by atoms with Gasteiger partial charge in [-0.2, -0.15) is 0 Å². The molecule has 0 saturated heterocycles. The number of carboxylic acid groups (broad SMARTS) is 1. The summed E-state index contributed by atoms with van der Waals surface area (Å²) in [4.78, 5) is 17.2. The van der Waals surface area contributed by atoms with E-state index in [1.165, 1.54) is 22.1 Å². The Balaban J connectivity index is 1.60. The lowest BCUT2D eigenvalue weighted by atomic mass is 9.87. The lowest BCUT2D eigenvalue weighted by Crippen LogP contribution is -2.35. The smallest absolute Gasteiger partial charge is 0.335 e. The van der Waals surface area contributed by atoms with Gasteiger partial charge in [0.1, 0.15) is 5.75 Å². The number of aromatic carboxylic acids is 1. The number of hydrogen-bond acceptors (Lipinski definition) is 3. The molecule has 162 valence electrons. The average Bonchev–Trinajstić information content (AvgIpc) is 3.31. The van der Waals surface area contributed by atoms with Crippen molar-refractivity contribution in [3.63, 3.8) is 0 Å². The van der Waals surface area contributed by atoms with Crippen LogP contribution in [0.3, 0.4) is 0 Å². The van der Waals surface area contributed by atoms with E-state index in [9.17, 15) is 9.90 Å². The Kier molecular flexibility index (Phi) is 5.19. The molecule has 5 rings (SSSR count). The number of nitrogens with one attached hydrogen (secondary N) is 1. The molecule has 2 N–H and O–H groups in total. The lowest BCUT2D eigenvalue weighted by Gasteiger charge is -2.38. The van der Waals surface area contributed by atoms with Gasteiger partial charge in [0.15, 0.2) is 0 Å². The van der Waals surface area contributed by atoms with Gasteiger partial charge in [0.25, 0.3) is 0 Å². The molecule has 0 amide bonds. The molecule has 1 aromatic heterocycles. The first-order chi connectivity index (χ1) is 15.6. The zero-order valence-corrected chi connectivity index (χ0v) is 18.3. The highest BCUT2D eigenvalue weighted by atomic mass is 16.5. The molecule has 5 heteroatoms. The molecule has 3 aromatic carbocycles. The van der Waals surface area contributed by atoms with Crippen LogP contribution in [0.1, 0.15) is 44.2 Å². The molecule has 1 atom stereocenters. The fourth-order valence-electron chi connectivity index (χ4n) is 4.97. The van der Waals surface area contributed by atoms with Gasteiger partial charge in [-0.1, -0.05) is 36.4 Å². The molecule has 0 unspecified atom stereocenters. The highest BCUT2D eigenvalue weighted by Crippen LogP contribution is 2.39. The fourth-order valence-corrected chi connectivity index (χ4v) is 4.97. The van der Waals surface area contributed by atoms with Gasteiger partial charge >= 0.3 is 5.97 Å². The maximum atomic E-state index is 11.4. The second-order valence-electron chi connectivity index (χ2n) is 8.39. The molecule has 2 heterocycles. The minimum Gasteiger partial charge on any atom is -0.496 e. The summed E-state index contributed by atoms with van der Waals surface area (Å²) in [5, 5.41) is 10.5. The summed E-state index contributed by atoms with van der Waals surface area (Å²) < 4.78 is 5.79. The van der Waals surface area contributed by atoms with Crippen molar-refractivity contribution in [2.24, 2.45) is 0 Å². The second-order valence-corrected chi connectivity index (χ2v) is 8.39. The van der Waals surface area contributed by atoms with E-state index >= 15 is 0 Å². The van der Waals surface area contributed by atoms with Crippen LogP contribution in [0.25, 0.3) is 10.9 Å². The topological polar surface area (TPSA) is 65.6 Å². The van der Waals surface area contributed by atoms with Crippen molar-refractivity contribution in [2.75, 3.05) is 13.7 Å². The standard InChI is InChI=1S/C27H26N2O3/c1-17-15-24(32-2)23(22-11-13-28-25(17)22)16-29-14-12-18-5-3-4-6-21(18)26(29)19-7-9-20(10-8-19)27(30)31/h3-11,13,15,26,28H,12,14,16H2,1-2H3,(H,30,31)/t26-/m1/s1. The van der Waals surface area contributed by atoms with E-state index in [-0.39, 0.29) is 6.04 Å². The first kappa shape index (κ1) is 20.3. The summed E-state index contributed by atoms with van der Waals surface area (Å²) in [6, 6.07) is 20.1. The number of H-pyrrole nitrogens is 1. The maximum absolute atomic E-state index is 11.4. The van der Waals surface area contributed by atoms with Crippen molar-refractivity contribution in [1.82, 2.24) is 9.88 Å². The number of benzene rings is 3. The summed E-state index contributed by atoms with van der Waals surface area (Å²) in [5.74, 6) is -0.00914. The number of rotatable bonds is 5. The van der Waals surface area contributed by atoms with E-state index in [1.807, 2.05) is 18.3 Å². The molecule has 1 aliphatic rings. The third-order valence-electron chi connectivity index (χ3n) is 6.55. The summed E-state index contributed by atoms with van der Waals surface area (Å²) in [5.41, 5.74) is 7.49. The van der Waals surface area contributed by atoms with E-state index in [2.05, 4.69) is 53.2 Å². The number of aromatic nitrogens is 1. The van der Waals surface area contributed by atoms with Gasteiger partial charge in [-0.3, -0.25) is 4.90 Å². The van der Waals surface area contributed by atoms with Gasteiger partial charge in [0.05, 0.1) is 18.7 Å². The average molecular weight is 427 g/mol. The van der Waals surface area contributed by atoms with Gasteiger partial charge in [-0.25, -0.2) is 4.79 Å². The molecule has 1 aliphatic heterocycles. The van der Waals surface area contributed by atoms with Crippen molar-refractivity contribution in [3.8, 4) is 5.75 Å². The van der Waals surface area contributed by atoms with Crippen molar-refractivity contribution < 1.29 is 14.6 Å². The van der Waals surface area contributed by atoms with Crippen LogP contribution >= 0.6 is 0 Å². The molecular weight excluding hydrogens is 400 g/mol. The SMILES string of the molecule is COc1cc(C)c2[nH]ccc2c1CN1CCc2ccccc2[C@H]1c1ccc(C(=O)O)cc1. The summed E-state index contributed by atoms with van der Waals surface area (Å²) in [6.07, 6.45) is 2.96. The van der Waals surface area contributed by atoms with E-state index in [0.29, 0.717) is 5.56 Å². The van der Waals surface area contributed by atoms with Gasteiger partial charge in [-0.15, -0.1) is 0 Å². The van der Waals surface area contributed by atoms with Gasteiger partial charge in [-0.05, 0) is 59.9 Å².